The molecule has 2 bridgehead atoms. The Bertz CT molecular complexity index is 1520. The number of hydrogen-bond acceptors (Lipinski definition) is 8. The molecule has 1 amide bonds. The number of nitrogens with zero attached hydrogens (tertiary/aromatic N) is 2. The van der Waals surface area contributed by atoms with Gasteiger partial charge in [0, 0.05) is 49.2 Å². The van der Waals surface area contributed by atoms with E-state index in [1.165, 1.54) is 11.1 Å². The first-order valence-corrected chi connectivity index (χ1v) is 21.2. The molecule has 0 spiro atoms. The van der Waals surface area contributed by atoms with Crippen molar-refractivity contribution in [3.8, 4) is 5.75 Å². The number of methoxy groups -OCH3 is 1. The molecule has 7 atom stereocenters. The Morgan fingerprint density at radius 1 is 1.02 bits per heavy atom. The molecular weight excluding hydrogens is 698 g/mol. The number of carbonyl (C=O) groups is 1. The van der Waals surface area contributed by atoms with Crippen LogP contribution >= 0.6 is 11.6 Å². The summed E-state index contributed by atoms with van der Waals surface area (Å²) >= 11 is 6.53. The largest absolute Gasteiger partial charge is 0.491 e. The lowest BCUT2D eigenvalue weighted by molar-refractivity contribution is -0.240. The van der Waals surface area contributed by atoms with Crippen molar-refractivity contribution in [3.63, 3.8) is 0 Å². The van der Waals surface area contributed by atoms with Crippen molar-refractivity contribution in [2.45, 2.75) is 95.1 Å². The predicted molar refractivity (Wildman–Crippen MR) is 209 cm³/mol. The second-order valence-corrected chi connectivity index (χ2v) is 17.7. The lowest BCUT2D eigenvalue weighted by atomic mass is 9.65. The number of ether oxygens (including phenoxy) is 4. The summed E-state index contributed by atoms with van der Waals surface area (Å²) in [5.41, 5.74) is 3.97. The van der Waals surface area contributed by atoms with Gasteiger partial charge in [0.05, 0.1) is 36.8 Å². The zero-order valence-electron chi connectivity index (χ0n) is 31.8. The summed E-state index contributed by atoms with van der Waals surface area (Å²) in [6.45, 7) is 8.35. The third-order valence-electron chi connectivity index (χ3n) is 12.2. The summed E-state index contributed by atoms with van der Waals surface area (Å²) < 4.78 is 41.8. The van der Waals surface area contributed by atoms with E-state index < -0.39 is 11.0 Å². The molecule has 3 aliphatic heterocycles. The number of rotatable bonds is 9. The van der Waals surface area contributed by atoms with Crippen LogP contribution in [0.1, 0.15) is 92.6 Å². The number of likely N-dealkylation sites (N-methyl/N-ethyl adjacent to an activating group) is 1. The number of anilines is 1. The first kappa shape index (κ1) is 39.5. The maximum atomic E-state index is 13.8. The summed E-state index contributed by atoms with van der Waals surface area (Å²) in [5.74, 6) is 1.88. The first-order valence-electron chi connectivity index (χ1n) is 19.6. The molecule has 288 valence electrons. The average molecular weight is 758 g/mol. The van der Waals surface area contributed by atoms with E-state index in [9.17, 15) is 9.00 Å². The fourth-order valence-electron chi connectivity index (χ4n) is 8.75. The number of amides is 1. The number of nitrogens with one attached hydrogen (secondary N) is 1. The first-order chi connectivity index (χ1) is 25.2. The lowest BCUT2D eigenvalue weighted by Crippen LogP contribution is -2.51. The number of halogens is 1. The number of carbonyl (C=O) groups excluding carboxylic acids is 1. The Kier molecular flexibility index (Phi) is 14.0. The van der Waals surface area contributed by atoms with Gasteiger partial charge < -0.3 is 28.7 Å². The smallest absolute Gasteiger partial charge is 0.263 e. The number of unbranched alkanes of at least 4 members (excludes halogenated alkanes) is 1. The molecule has 0 radical (unpaired) electrons. The molecule has 7 unspecified atom stereocenters. The predicted octanol–water partition coefficient (Wildman–Crippen LogP) is 7.23. The van der Waals surface area contributed by atoms with E-state index in [-0.39, 0.29) is 41.2 Å². The highest BCUT2D eigenvalue weighted by atomic mass is 35.5. The van der Waals surface area contributed by atoms with E-state index in [0.717, 1.165) is 80.9 Å². The fourth-order valence-corrected chi connectivity index (χ4v) is 10.3. The third-order valence-corrected chi connectivity index (χ3v) is 14.0. The molecule has 4 aliphatic rings. The molecule has 2 fully saturated rings. The molecule has 0 aromatic heterocycles. The minimum absolute atomic E-state index is 0.122. The number of hydrogen-bond donors (Lipinski definition) is 1. The van der Waals surface area contributed by atoms with Crippen LogP contribution in [0.5, 0.6) is 5.75 Å². The zero-order chi connectivity index (χ0) is 36.8. The lowest BCUT2D eigenvalue weighted by Gasteiger charge is -2.48. The van der Waals surface area contributed by atoms with Crippen LogP contribution in [0.15, 0.2) is 36.4 Å². The monoisotopic (exact) mass is 757 g/mol. The summed E-state index contributed by atoms with van der Waals surface area (Å²) in [5, 5.41) is 0.537. The molecule has 1 aliphatic carbocycles. The third kappa shape index (κ3) is 9.35. The SMILES string of the molecule is CCCCc1cc(Cl)ccc1C1COc2ccc3cc2N(C1)CC1CCC1C(C1OCC(N(C)C)CO1)CCCC(C)C(CCOC)S(=O)NC3=O. The molecule has 3 heterocycles. The maximum absolute atomic E-state index is 13.8. The van der Waals surface area contributed by atoms with E-state index in [1.807, 2.05) is 18.2 Å². The van der Waals surface area contributed by atoms with Crippen molar-refractivity contribution in [1.82, 2.24) is 9.62 Å². The molecule has 2 aromatic carbocycles. The second-order valence-electron chi connectivity index (χ2n) is 15.8. The molecule has 6 rings (SSSR count). The van der Waals surface area contributed by atoms with Gasteiger partial charge in [0.25, 0.3) is 5.91 Å². The van der Waals surface area contributed by atoms with Crippen LogP contribution in [-0.2, 0) is 31.6 Å². The fraction of sp³-hybridized carbons (Fsp3) is 0.683. The number of benzene rings is 2. The van der Waals surface area contributed by atoms with Gasteiger partial charge in [-0.15, -0.1) is 0 Å². The summed E-state index contributed by atoms with van der Waals surface area (Å²) in [6.07, 6.45) is 8.72. The molecule has 11 heteroatoms. The molecule has 2 aromatic rings. The van der Waals surface area contributed by atoms with Gasteiger partial charge >= 0.3 is 0 Å². The van der Waals surface area contributed by atoms with Crippen molar-refractivity contribution < 1.29 is 28.0 Å². The summed E-state index contributed by atoms with van der Waals surface area (Å²) in [4.78, 5) is 18.4. The van der Waals surface area contributed by atoms with E-state index in [1.54, 1.807) is 13.2 Å². The van der Waals surface area contributed by atoms with Crippen LogP contribution in [0.3, 0.4) is 0 Å². The van der Waals surface area contributed by atoms with Gasteiger partial charge in [0.15, 0.2) is 6.29 Å². The van der Waals surface area contributed by atoms with Gasteiger partial charge in [-0.05, 0) is 118 Å². The molecule has 1 N–H and O–H groups in total. The van der Waals surface area contributed by atoms with Crippen molar-refractivity contribution in [2.75, 3.05) is 65.6 Å². The molecule has 1 saturated carbocycles. The Hall–Kier alpha value is -2.21. The Labute approximate surface area is 319 Å². The average Bonchev–Trinajstić information content (AvgIpc) is 3.30. The van der Waals surface area contributed by atoms with Crippen LogP contribution in [0.25, 0.3) is 0 Å². The topological polar surface area (TPSA) is 89.6 Å². The number of fused-ring (bicyclic) bond motifs is 2. The van der Waals surface area contributed by atoms with Crippen LogP contribution in [-0.4, -0.2) is 93.3 Å². The van der Waals surface area contributed by atoms with Crippen LogP contribution in [0.4, 0.5) is 5.69 Å². The minimum Gasteiger partial charge on any atom is -0.491 e. The Balaban J connectivity index is 1.35. The van der Waals surface area contributed by atoms with E-state index in [2.05, 4.69) is 54.6 Å². The highest BCUT2D eigenvalue weighted by Crippen LogP contribution is 2.47. The Morgan fingerprint density at radius 2 is 1.83 bits per heavy atom. The van der Waals surface area contributed by atoms with Gasteiger partial charge in [-0.1, -0.05) is 44.4 Å². The molecule has 52 heavy (non-hydrogen) atoms. The highest BCUT2D eigenvalue weighted by molar-refractivity contribution is 7.84. The van der Waals surface area contributed by atoms with Gasteiger partial charge in [-0.25, -0.2) is 4.21 Å². The highest BCUT2D eigenvalue weighted by Gasteiger charge is 2.44. The maximum Gasteiger partial charge on any atom is 0.263 e. The second kappa shape index (κ2) is 18.4. The summed E-state index contributed by atoms with van der Waals surface area (Å²) in [6, 6.07) is 12.2. The Morgan fingerprint density at radius 3 is 2.54 bits per heavy atom. The van der Waals surface area contributed by atoms with Gasteiger partial charge in [0.1, 0.15) is 16.7 Å². The van der Waals surface area contributed by atoms with Crippen LogP contribution in [0.2, 0.25) is 5.02 Å². The molecule has 9 nitrogen and oxygen atoms in total. The quantitative estimate of drug-likeness (QED) is 0.287. The van der Waals surface area contributed by atoms with Crippen LogP contribution < -0.4 is 14.4 Å². The van der Waals surface area contributed by atoms with Gasteiger partial charge in [0.2, 0.25) is 0 Å². The van der Waals surface area contributed by atoms with E-state index >= 15 is 0 Å². The van der Waals surface area contributed by atoms with Gasteiger partial charge in [-0.3, -0.25) is 9.52 Å². The normalized spacial score (nSPS) is 31.6. The zero-order valence-corrected chi connectivity index (χ0v) is 33.4. The van der Waals surface area contributed by atoms with E-state index in [4.69, 9.17) is 30.5 Å². The number of aryl methyl sites for hydroxylation is 1. The summed E-state index contributed by atoms with van der Waals surface area (Å²) in [7, 11) is 4.25. The van der Waals surface area contributed by atoms with Crippen molar-refractivity contribution >= 4 is 34.2 Å². The van der Waals surface area contributed by atoms with Crippen molar-refractivity contribution in [3.05, 3.63) is 58.1 Å². The van der Waals surface area contributed by atoms with Crippen LogP contribution in [0, 0.1) is 23.7 Å². The minimum atomic E-state index is -1.58. The van der Waals surface area contributed by atoms with Crippen molar-refractivity contribution in [2.24, 2.45) is 23.7 Å². The van der Waals surface area contributed by atoms with Crippen molar-refractivity contribution in [1.29, 1.82) is 0 Å². The van der Waals surface area contributed by atoms with E-state index in [0.29, 0.717) is 50.2 Å². The van der Waals surface area contributed by atoms with Gasteiger partial charge in [-0.2, -0.15) is 0 Å². The molecule has 1 saturated heterocycles. The molecular formula is C41H60ClN3O6S. The standard InChI is InChI=1S/C41H60ClN3O6S/c1-6-7-10-28-20-32(42)14-16-34(28)31-23-45-22-30-12-15-35(30)36(41-50-25-33(26-51-41)44(3)4)11-8-9-27(2)39(18-19-48-5)52(47)43-40(46)29-13-17-38(49-24-31)37(45)21-29/h13-14,16-17,20-21,27,30-31,33,35-36,39,41H,6-12,15,18-19,22-26H2,1-5H3,(H,43,46).